The van der Waals surface area contributed by atoms with Gasteiger partial charge in [-0.25, -0.2) is 4.39 Å². The standard InChI is InChI=1S/C14H18BrFN2O2/c15-11-3-4-13(12(16)6-11)20-9-14(19)18-8-10-2-1-5-17-7-10/h3-4,6,10,17H,1-2,5,7-9H2,(H,18,19). The third kappa shape index (κ3) is 4.76. The summed E-state index contributed by atoms with van der Waals surface area (Å²) in [6.07, 6.45) is 2.26. The van der Waals surface area contributed by atoms with Gasteiger partial charge in [-0.3, -0.25) is 4.79 Å². The molecule has 0 aliphatic carbocycles. The fraction of sp³-hybridized carbons (Fsp3) is 0.500. The van der Waals surface area contributed by atoms with Crippen molar-refractivity contribution in [2.75, 3.05) is 26.2 Å². The largest absolute Gasteiger partial charge is 0.481 e. The summed E-state index contributed by atoms with van der Waals surface area (Å²) in [7, 11) is 0. The van der Waals surface area contributed by atoms with Gasteiger partial charge in [-0.1, -0.05) is 15.9 Å². The van der Waals surface area contributed by atoms with Crippen LogP contribution >= 0.6 is 15.9 Å². The van der Waals surface area contributed by atoms with Crippen molar-refractivity contribution in [3.63, 3.8) is 0 Å². The van der Waals surface area contributed by atoms with Gasteiger partial charge in [0.1, 0.15) is 0 Å². The molecule has 1 aliphatic rings. The maximum absolute atomic E-state index is 13.5. The van der Waals surface area contributed by atoms with E-state index in [0.717, 1.165) is 25.9 Å². The number of rotatable bonds is 5. The highest BCUT2D eigenvalue weighted by Crippen LogP contribution is 2.21. The minimum atomic E-state index is -0.483. The van der Waals surface area contributed by atoms with Gasteiger partial charge in [0.15, 0.2) is 18.2 Å². The number of hydrogen-bond acceptors (Lipinski definition) is 3. The number of amides is 1. The highest BCUT2D eigenvalue weighted by Gasteiger charge is 2.14. The summed E-state index contributed by atoms with van der Waals surface area (Å²) in [5, 5.41) is 6.11. The Balaban J connectivity index is 1.71. The fourth-order valence-corrected chi connectivity index (χ4v) is 2.48. The van der Waals surface area contributed by atoms with Crippen molar-refractivity contribution in [1.82, 2.24) is 10.6 Å². The Bertz CT molecular complexity index is 464. The first kappa shape index (κ1) is 15.3. The van der Waals surface area contributed by atoms with E-state index in [-0.39, 0.29) is 18.3 Å². The zero-order chi connectivity index (χ0) is 14.4. The van der Waals surface area contributed by atoms with Gasteiger partial charge in [-0.15, -0.1) is 0 Å². The van der Waals surface area contributed by atoms with Crippen molar-refractivity contribution >= 4 is 21.8 Å². The first-order valence-electron chi connectivity index (χ1n) is 6.70. The van der Waals surface area contributed by atoms with E-state index < -0.39 is 5.82 Å². The Morgan fingerprint density at radius 1 is 1.55 bits per heavy atom. The molecule has 0 spiro atoms. The van der Waals surface area contributed by atoms with Gasteiger partial charge < -0.3 is 15.4 Å². The third-order valence-corrected chi connectivity index (χ3v) is 3.73. The van der Waals surface area contributed by atoms with Crippen LogP contribution < -0.4 is 15.4 Å². The molecule has 2 N–H and O–H groups in total. The Morgan fingerprint density at radius 3 is 3.10 bits per heavy atom. The van der Waals surface area contributed by atoms with Crippen LogP contribution in [0.5, 0.6) is 5.75 Å². The first-order chi connectivity index (χ1) is 9.65. The van der Waals surface area contributed by atoms with Crippen LogP contribution in [0.1, 0.15) is 12.8 Å². The van der Waals surface area contributed by atoms with Crippen LogP contribution in [0.25, 0.3) is 0 Å². The maximum atomic E-state index is 13.5. The molecule has 1 saturated heterocycles. The SMILES string of the molecule is O=C(COc1ccc(Br)cc1F)NCC1CCCNC1. The van der Waals surface area contributed by atoms with Crippen LogP contribution in [-0.4, -0.2) is 32.1 Å². The predicted octanol–water partition coefficient (Wildman–Crippen LogP) is 2.08. The highest BCUT2D eigenvalue weighted by atomic mass is 79.9. The third-order valence-electron chi connectivity index (χ3n) is 3.24. The summed E-state index contributed by atoms with van der Waals surface area (Å²) in [6, 6.07) is 4.47. The summed E-state index contributed by atoms with van der Waals surface area (Å²) in [6.45, 7) is 2.45. The number of piperidine rings is 1. The van der Waals surface area contributed by atoms with Crippen LogP contribution in [0.3, 0.4) is 0 Å². The molecule has 2 rings (SSSR count). The van der Waals surface area contributed by atoms with Crippen molar-refractivity contribution < 1.29 is 13.9 Å². The van der Waals surface area contributed by atoms with Gasteiger partial charge >= 0.3 is 0 Å². The Labute approximate surface area is 126 Å². The van der Waals surface area contributed by atoms with Crippen molar-refractivity contribution in [2.45, 2.75) is 12.8 Å². The van der Waals surface area contributed by atoms with Crippen LogP contribution in [0.15, 0.2) is 22.7 Å². The van der Waals surface area contributed by atoms with E-state index in [1.807, 2.05) is 0 Å². The molecular formula is C14H18BrFN2O2. The quantitative estimate of drug-likeness (QED) is 0.859. The van der Waals surface area contributed by atoms with E-state index in [4.69, 9.17) is 4.74 Å². The Morgan fingerprint density at radius 2 is 2.40 bits per heavy atom. The summed E-state index contributed by atoms with van der Waals surface area (Å²) in [4.78, 5) is 11.6. The average molecular weight is 345 g/mol. The number of carbonyl (C=O) groups excluding carboxylic acids is 1. The summed E-state index contributed by atoms with van der Waals surface area (Å²) < 4.78 is 19.3. The lowest BCUT2D eigenvalue weighted by Gasteiger charge is -2.22. The number of halogens is 2. The summed E-state index contributed by atoms with van der Waals surface area (Å²) in [5.41, 5.74) is 0. The molecule has 1 fully saturated rings. The lowest BCUT2D eigenvalue weighted by atomic mass is 10.00. The van der Waals surface area contributed by atoms with E-state index >= 15 is 0 Å². The molecule has 1 aliphatic heterocycles. The van der Waals surface area contributed by atoms with Gasteiger partial charge in [-0.05, 0) is 50.0 Å². The van der Waals surface area contributed by atoms with Gasteiger partial charge in [-0.2, -0.15) is 0 Å². The number of carbonyl (C=O) groups is 1. The zero-order valence-corrected chi connectivity index (χ0v) is 12.7. The van der Waals surface area contributed by atoms with Crippen molar-refractivity contribution in [3.8, 4) is 5.75 Å². The molecule has 0 saturated carbocycles. The second kappa shape index (κ2) is 7.59. The van der Waals surface area contributed by atoms with Crippen LogP contribution in [0, 0.1) is 11.7 Å². The maximum Gasteiger partial charge on any atom is 0.257 e. The van der Waals surface area contributed by atoms with Crippen molar-refractivity contribution in [1.29, 1.82) is 0 Å². The lowest BCUT2D eigenvalue weighted by molar-refractivity contribution is -0.123. The molecule has 1 aromatic carbocycles. The molecule has 1 heterocycles. The highest BCUT2D eigenvalue weighted by molar-refractivity contribution is 9.10. The fourth-order valence-electron chi connectivity index (χ4n) is 2.14. The van der Waals surface area contributed by atoms with Crippen LogP contribution in [-0.2, 0) is 4.79 Å². The zero-order valence-electron chi connectivity index (χ0n) is 11.1. The van der Waals surface area contributed by atoms with Gasteiger partial charge in [0, 0.05) is 11.0 Å². The van der Waals surface area contributed by atoms with E-state index in [2.05, 4.69) is 26.6 Å². The number of hydrogen-bond donors (Lipinski definition) is 2. The molecule has 1 atom stereocenters. The van der Waals surface area contributed by atoms with Crippen molar-refractivity contribution in [2.24, 2.45) is 5.92 Å². The number of nitrogens with one attached hydrogen (secondary N) is 2. The van der Waals surface area contributed by atoms with E-state index in [1.165, 1.54) is 12.1 Å². The minimum absolute atomic E-state index is 0.0858. The van der Waals surface area contributed by atoms with E-state index in [0.29, 0.717) is 16.9 Å². The molecule has 0 aromatic heterocycles. The second-order valence-electron chi connectivity index (χ2n) is 4.88. The predicted molar refractivity (Wildman–Crippen MR) is 78.2 cm³/mol. The minimum Gasteiger partial charge on any atom is -0.481 e. The molecule has 20 heavy (non-hydrogen) atoms. The summed E-state index contributed by atoms with van der Waals surface area (Å²) in [5.74, 6) is -0.152. The van der Waals surface area contributed by atoms with Gasteiger partial charge in [0.2, 0.25) is 0 Å². The Kier molecular flexibility index (Phi) is 5.79. The van der Waals surface area contributed by atoms with Gasteiger partial charge in [0.25, 0.3) is 5.91 Å². The second-order valence-corrected chi connectivity index (χ2v) is 5.80. The summed E-state index contributed by atoms with van der Waals surface area (Å²) >= 11 is 3.16. The molecule has 110 valence electrons. The average Bonchev–Trinajstić information content (AvgIpc) is 2.45. The van der Waals surface area contributed by atoms with Gasteiger partial charge in [0.05, 0.1) is 0 Å². The van der Waals surface area contributed by atoms with Crippen LogP contribution in [0.2, 0.25) is 0 Å². The molecule has 1 aromatic rings. The topological polar surface area (TPSA) is 50.4 Å². The molecule has 6 heteroatoms. The van der Waals surface area contributed by atoms with Crippen LogP contribution in [0.4, 0.5) is 4.39 Å². The molecule has 1 unspecified atom stereocenters. The first-order valence-corrected chi connectivity index (χ1v) is 7.49. The molecular weight excluding hydrogens is 327 g/mol. The normalized spacial score (nSPS) is 18.6. The monoisotopic (exact) mass is 344 g/mol. The molecule has 4 nitrogen and oxygen atoms in total. The smallest absolute Gasteiger partial charge is 0.257 e. The van der Waals surface area contributed by atoms with E-state index in [9.17, 15) is 9.18 Å². The van der Waals surface area contributed by atoms with Crippen molar-refractivity contribution in [3.05, 3.63) is 28.5 Å². The molecule has 0 radical (unpaired) electrons. The Hall–Kier alpha value is -1.14. The number of benzene rings is 1. The molecule has 0 bridgehead atoms. The van der Waals surface area contributed by atoms with E-state index in [1.54, 1.807) is 6.07 Å². The molecule has 1 amide bonds. The lowest BCUT2D eigenvalue weighted by Crippen LogP contribution is -2.39. The number of ether oxygens (including phenoxy) is 1.